The molecule has 1 aliphatic heterocycles. The Hall–Kier alpha value is -3.23. The van der Waals surface area contributed by atoms with Crippen LogP contribution in [0.15, 0.2) is 47.6 Å². The van der Waals surface area contributed by atoms with Gasteiger partial charge in [-0.1, -0.05) is 0 Å². The second-order valence-electron chi connectivity index (χ2n) is 6.92. The third kappa shape index (κ3) is 6.13. The van der Waals surface area contributed by atoms with E-state index in [0.717, 1.165) is 49.7 Å². The highest BCUT2D eigenvalue weighted by molar-refractivity contribution is 5.96. The van der Waals surface area contributed by atoms with Crippen LogP contribution in [0.2, 0.25) is 0 Å². The predicted octanol–water partition coefficient (Wildman–Crippen LogP) is 2.25. The van der Waals surface area contributed by atoms with E-state index in [4.69, 9.17) is 9.47 Å². The Morgan fingerprint density at radius 1 is 1.17 bits per heavy atom. The third-order valence-electron chi connectivity index (χ3n) is 4.65. The Bertz CT molecular complexity index is 906. The lowest BCUT2D eigenvalue weighted by Crippen LogP contribution is -2.35. The molecule has 0 atom stereocenters. The van der Waals surface area contributed by atoms with Crippen LogP contribution in [0.3, 0.4) is 0 Å². The SMILES string of the molecule is COc1ccc(C=NNC(=O)c2ccc(NC(C)=O)cc2)cc1CN1CCOCC1. The van der Waals surface area contributed by atoms with E-state index in [-0.39, 0.29) is 11.8 Å². The molecule has 8 nitrogen and oxygen atoms in total. The van der Waals surface area contributed by atoms with Crippen LogP contribution < -0.4 is 15.5 Å². The van der Waals surface area contributed by atoms with Crippen LogP contribution in [0, 0.1) is 0 Å². The number of methoxy groups -OCH3 is 1. The second kappa shape index (κ2) is 10.5. The van der Waals surface area contributed by atoms with E-state index in [1.54, 1.807) is 37.6 Å². The van der Waals surface area contributed by atoms with Gasteiger partial charge in [-0.3, -0.25) is 14.5 Å². The smallest absolute Gasteiger partial charge is 0.271 e. The molecule has 3 rings (SSSR count). The molecule has 158 valence electrons. The molecule has 1 fully saturated rings. The molecule has 2 aromatic rings. The third-order valence-corrected chi connectivity index (χ3v) is 4.65. The van der Waals surface area contributed by atoms with Crippen LogP contribution in [-0.2, 0) is 16.1 Å². The van der Waals surface area contributed by atoms with Crippen LogP contribution in [0.4, 0.5) is 5.69 Å². The molecular weight excluding hydrogens is 384 g/mol. The number of anilines is 1. The van der Waals surface area contributed by atoms with Crippen molar-refractivity contribution >= 4 is 23.7 Å². The first kappa shape index (κ1) is 21.5. The molecule has 0 radical (unpaired) electrons. The standard InChI is InChI=1S/C22H26N4O4/c1-16(27)24-20-6-4-18(5-7-20)22(28)25-23-14-17-3-8-21(29-2)19(13-17)15-26-9-11-30-12-10-26/h3-8,13-14H,9-12,15H2,1-2H3,(H,24,27)(H,25,28). The molecule has 0 unspecified atom stereocenters. The number of nitrogens with zero attached hydrogens (tertiary/aromatic N) is 2. The molecule has 0 bridgehead atoms. The second-order valence-corrected chi connectivity index (χ2v) is 6.92. The number of morpholine rings is 1. The van der Waals surface area contributed by atoms with Crippen LogP contribution in [0.5, 0.6) is 5.75 Å². The first-order chi connectivity index (χ1) is 14.5. The van der Waals surface area contributed by atoms with Crippen molar-refractivity contribution in [3.05, 3.63) is 59.2 Å². The summed E-state index contributed by atoms with van der Waals surface area (Å²) in [5, 5.41) is 6.72. The summed E-state index contributed by atoms with van der Waals surface area (Å²) in [7, 11) is 1.66. The number of carbonyl (C=O) groups excluding carboxylic acids is 2. The van der Waals surface area contributed by atoms with E-state index in [0.29, 0.717) is 11.3 Å². The summed E-state index contributed by atoms with van der Waals surface area (Å²) in [6, 6.07) is 12.4. The van der Waals surface area contributed by atoms with Crippen molar-refractivity contribution in [2.75, 3.05) is 38.7 Å². The monoisotopic (exact) mass is 410 g/mol. The van der Waals surface area contributed by atoms with Crippen molar-refractivity contribution in [3.63, 3.8) is 0 Å². The summed E-state index contributed by atoms with van der Waals surface area (Å²) in [5.74, 6) is 0.328. The minimum absolute atomic E-state index is 0.163. The molecule has 1 heterocycles. The van der Waals surface area contributed by atoms with Crippen molar-refractivity contribution in [1.82, 2.24) is 10.3 Å². The first-order valence-electron chi connectivity index (χ1n) is 9.73. The number of nitrogens with one attached hydrogen (secondary N) is 2. The Morgan fingerprint density at radius 3 is 2.57 bits per heavy atom. The first-order valence-corrected chi connectivity index (χ1v) is 9.73. The fourth-order valence-electron chi connectivity index (χ4n) is 3.14. The summed E-state index contributed by atoms with van der Waals surface area (Å²) in [6.07, 6.45) is 1.60. The van der Waals surface area contributed by atoms with Gasteiger partial charge in [-0.05, 0) is 48.0 Å². The van der Waals surface area contributed by atoms with Gasteiger partial charge in [0.2, 0.25) is 5.91 Å². The minimum Gasteiger partial charge on any atom is -0.496 e. The molecule has 1 saturated heterocycles. The molecular formula is C22H26N4O4. The Morgan fingerprint density at radius 2 is 1.90 bits per heavy atom. The van der Waals surface area contributed by atoms with Crippen LogP contribution in [0.25, 0.3) is 0 Å². The van der Waals surface area contributed by atoms with Gasteiger partial charge in [0.25, 0.3) is 5.91 Å². The maximum Gasteiger partial charge on any atom is 0.271 e. The highest BCUT2D eigenvalue weighted by Crippen LogP contribution is 2.21. The lowest BCUT2D eigenvalue weighted by molar-refractivity contribution is -0.114. The number of ether oxygens (including phenoxy) is 2. The Balaban J connectivity index is 1.61. The van der Waals surface area contributed by atoms with E-state index in [2.05, 4.69) is 20.7 Å². The topological polar surface area (TPSA) is 92.3 Å². The summed E-state index contributed by atoms with van der Waals surface area (Å²) in [5.41, 5.74) is 5.52. The highest BCUT2D eigenvalue weighted by Gasteiger charge is 2.13. The summed E-state index contributed by atoms with van der Waals surface area (Å²) >= 11 is 0. The number of amides is 2. The van der Waals surface area contributed by atoms with Gasteiger partial charge in [0, 0.05) is 43.4 Å². The predicted molar refractivity (Wildman–Crippen MR) is 115 cm³/mol. The number of hydrogen-bond donors (Lipinski definition) is 2. The van der Waals surface area contributed by atoms with Gasteiger partial charge in [-0.25, -0.2) is 5.43 Å². The largest absolute Gasteiger partial charge is 0.496 e. The minimum atomic E-state index is -0.331. The fourth-order valence-corrected chi connectivity index (χ4v) is 3.14. The molecule has 0 aromatic heterocycles. The van der Waals surface area contributed by atoms with Crippen molar-refractivity contribution in [1.29, 1.82) is 0 Å². The molecule has 30 heavy (non-hydrogen) atoms. The molecule has 1 aliphatic rings. The molecule has 0 aliphatic carbocycles. The summed E-state index contributed by atoms with van der Waals surface area (Å²) in [6.45, 7) is 5.45. The van der Waals surface area contributed by atoms with Gasteiger partial charge in [0.05, 0.1) is 26.5 Å². The van der Waals surface area contributed by atoms with Crippen molar-refractivity contribution in [3.8, 4) is 5.75 Å². The van der Waals surface area contributed by atoms with Crippen LogP contribution in [-0.4, -0.2) is 56.3 Å². The van der Waals surface area contributed by atoms with Gasteiger partial charge in [0.15, 0.2) is 0 Å². The summed E-state index contributed by atoms with van der Waals surface area (Å²) < 4.78 is 10.9. The fraction of sp³-hybridized carbons (Fsp3) is 0.318. The van der Waals surface area contributed by atoms with Gasteiger partial charge in [-0.2, -0.15) is 5.10 Å². The van der Waals surface area contributed by atoms with Crippen LogP contribution in [0.1, 0.15) is 28.4 Å². The lowest BCUT2D eigenvalue weighted by Gasteiger charge is -2.27. The van der Waals surface area contributed by atoms with E-state index in [9.17, 15) is 9.59 Å². The van der Waals surface area contributed by atoms with Gasteiger partial charge >= 0.3 is 0 Å². The maximum atomic E-state index is 12.2. The van der Waals surface area contributed by atoms with Gasteiger partial charge in [-0.15, -0.1) is 0 Å². The normalized spacial score (nSPS) is 14.5. The number of rotatable bonds is 7. The average Bonchev–Trinajstić information content (AvgIpc) is 2.75. The molecule has 2 N–H and O–H groups in total. The zero-order valence-corrected chi connectivity index (χ0v) is 17.2. The zero-order valence-electron chi connectivity index (χ0n) is 17.2. The molecule has 2 amide bonds. The number of carbonyl (C=O) groups is 2. The Labute approximate surface area is 175 Å². The van der Waals surface area contributed by atoms with Crippen molar-refractivity contribution < 1.29 is 19.1 Å². The maximum absolute atomic E-state index is 12.2. The number of hydrazone groups is 1. The van der Waals surface area contributed by atoms with E-state index < -0.39 is 0 Å². The molecule has 2 aromatic carbocycles. The highest BCUT2D eigenvalue weighted by atomic mass is 16.5. The molecule has 8 heteroatoms. The Kier molecular flexibility index (Phi) is 7.53. The van der Waals surface area contributed by atoms with Crippen LogP contribution >= 0.6 is 0 Å². The number of benzene rings is 2. The summed E-state index contributed by atoms with van der Waals surface area (Å²) in [4.78, 5) is 25.6. The van der Waals surface area contributed by atoms with E-state index in [1.165, 1.54) is 6.92 Å². The van der Waals surface area contributed by atoms with E-state index >= 15 is 0 Å². The molecule has 0 spiro atoms. The molecule has 0 saturated carbocycles. The lowest BCUT2D eigenvalue weighted by atomic mass is 10.1. The van der Waals surface area contributed by atoms with Crippen molar-refractivity contribution in [2.45, 2.75) is 13.5 Å². The van der Waals surface area contributed by atoms with Gasteiger partial charge < -0.3 is 14.8 Å². The average molecular weight is 410 g/mol. The van der Waals surface area contributed by atoms with Crippen molar-refractivity contribution in [2.24, 2.45) is 5.10 Å². The van der Waals surface area contributed by atoms with Gasteiger partial charge in [0.1, 0.15) is 5.75 Å². The number of hydrogen-bond acceptors (Lipinski definition) is 6. The van der Waals surface area contributed by atoms with E-state index in [1.807, 2.05) is 18.2 Å². The quantitative estimate of drug-likeness (QED) is 0.540. The zero-order chi connectivity index (χ0) is 21.3.